The number of hydrogen-bond donors (Lipinski definition) is 1. The third-order valence-electron chi connectivity index (χ3n) is 4.06. The van der Waals surface area contributed by atoms with Crippen molar-refractivity contribution < 1.29 is 0 Å². The molecule has 2 fully saturated rings. The Morgan fingerprint density at radius 2 is 1.85 bits per heavy atom. The minimum atomic E-state index is -0.882. The molecule has 0 radical (unpaired) electrons. The van der Waals surface area contributed by atoms with E-state index < -0.39 is 8.07 Å². The molecule has 1 N–H and O–H groups in total. The zero-order valence-corrected chi connectivity index (χ0v) is 10.3. The maximum absolute atomic E-state index is 3.68. The van der Waals surface area contributed by atoms with Crippen molar-refractivity contribution in [3.8, 4) is 0 Å². The fraction of sp³-hybridized carbons (Fsp3) is 1.00. The van der Waals surface area contributed by atoms with Gasteiger partial charge in [0, 0.05) is 14.1 Å². The van der Waals surface area contributed by atoms with E-state index in [-0.39, 0.29) is 0 Å². The first-order chi connectivity index (χ1) is 6.09. The lowest BCUT2D eigenvalue weighted by molar-refractivity contribution is 0.319. The van der Waals surface area contributed by atoms with Gasteiger partial charge in [-0.05, 0) is 30.8 Å². The van der Waals surface area contributed by atoms with Gasteiger partial charge in [-0.2, -0.15) is 0 Å². The van der Waals surface area contributed by atoms with Gasteiger partial charge in [-0.1, -0.05) is 32.5 Å². The van der Waals surface area contributed by atoms with Crippen molar-refractivity contribution in [2.45, 2.75) is 56.9 Å². The molecule has 0 aromatic heterocycles. The zero-order chi connectivity index (χ0) is 9.47. The topological polar surface area (TPSA) is 12.0 Å². The van der Waals surface area contributed by atoms with Crippen molar-refractivity contribution in [2.24, 2.45) is 5.92 Å². The highest BCUT2D eigenvalue weighted by atomic mass is 28.3. The molecule has 1 saturated carbocycles. The van der Waals surface area contributed by atoms with Gasteiger partial charge in [0.15, 0.2) is 0 Å². The van der Waals surface area contributed by atoms with E-state index in [2.05, 4.69) is 25.0 Å². The van der Waals surface area contributed by atoms with Crippen molar-refractivity contribution in [3.63, 3.8) is 0 Å². The van der Waals surface area contributed by atoms with E-state index in [1.807, 2.05) is 0 Å². The average molecular weight is 197 g/mol. The third-order valence-corrected chi connectivity index (χ3v) is 7.00. The van der Waals surface area contributed by atoms with Gasteiger partial charge in [-0.3, -0.25) is 0 Å². The van der Waals surface area contributed by atoms with E-state index in [9.17, 15) is 0 Å². The molecule has 3 unspecified atom stereocenters. The van der Waals surface area contributed by atoms with Gasteiger partial charge in [0.25, 0.3) is 0 Å². The average Bonchev–Trinajstić information content (AvgIpc) is 2.48. The Kier molecular flexibility index (Phi) is 2.54. The molecule has 0 aromatic rings. The lowest BCUT2D eigenvalue weighted by Crippen LogP contribution is -2.41. The van der Waals surface area contributed by atoms with Crippen LogP contribution in [-0.2, 0) is 0 Å². The normalized spacial score (nSPS) is 40.4. The highest BCUT2D eigenvalue weighted by Gasteiger charge is 2.42. The van der Waals surface area contributed by atoms with Crippen LogP contribution >= 0.6 is 0 Å². The summed E-state index contributed by atoms with van der Waals surface area (Å²) in [5.41, 5.74) is 1.10. The molecule has 76 valence electrons. The molecule has 3 atom stereocenters. The molecule has 1 saturated heterocycles. The Balaban J connectivity index is 2.10. The van der Waals surface area contributed by atoms with Crippen LogP contribution in [0.3, 0.4) is 0 Å². The molecule has 0 aromatic carbocycles. The molecular weight excluding hydrogens is 174 g/mol. The Hall–Kier alpha value is 0.177. The second-order valence-corrected chi connectivity index (χ2v) is 11.4. The highest BCUT2D eigenvalue weighted by Crippen LogP contribution is 2.45. The molecule has 2 rings (SSSR count). The Bertz CT molecular complexity index is 185. The molecule has 1 aliphatic carbocycles. The van der Waals surface area contributed by atoms with Gasteiger partial charge in [0.1, 0.15) is 0 Å². The Labute approximate surface area is 83.3 Å². The number of hydrogen-bond acceptors (Lipinski definition) is 1. The molecule has 1 aliphatic heterocycles. The summed E-state index contributed by atoms with van der Waals surface area (Å²) in [6.45, 7) is 8.95. The van der Waals surface area contributed by atoms with E-state index in [1.54, 1.807) is 0 Å². The summed E-state index contributed by atoms with van der Waals surface area (Å²) in [5.74, 6) is 1.04. The number of rotatable bonds is 1. The van der Waals surface area contributed by atoms with Crippen LogP contribution in [0.15, 0.2) is 0 Å². The quantitative estimate of drug-likeness (QED) is 0.637. The molecule has 1 heterocycles. The van der Waals surface area contributed by atoms with Crippen LogP contribution in [0.5, 0.6) is 0 Å². The van der Waals surface area contributed by atoms with E-state index >= 15 is 0 Å². The first-order valence-electron chi connectivity index (χ1n) is 5.82. The van der Waals surface area contributed by atoms with Crippen LogP contribution in [0.1, 0.15) is 25.7 Å². The van der Waals surface area contributed by atoms with Gasteiger partial charge < -0.3 is 5.32 Å². The van der Waals surface area contributed by atoms with Crippen molar-refractivity contribution in [2.75, 3.05) is 6.54 Å². The van der Waals surface area contributed by atoms with Crippen LogP contribution < -0.4 is 5.32 Å². The summed E-state index contributed by atoms with van der Waals surface area (Å²) in [6.07, 6.45) is 5.91. The van der Waals surface area contributed by atoms with Gasteiger partial charge in [0.2, 0.25) is 0 Å². The van der Waals surface area contributed by atoms with Crippen LogP contribution in [0.25, 0.3) is 0 Å². The summed E-state index contributed by atoms with van der Waals surface area (Å²) in [6, 6.07) is 0.894. The van der Waals surface area contributed by atoms with Crippen molar-refractivity contribution in [1.82, 2.24) is 5.32 Å². The number of fused-ring (bicyclic) bond motifs is 1. The van der Waals surface area contributed by atoms with E-state index in [4.69, 9.17) is 0 Å². The van der Waals surface area contributed by atoms with Crippen LogP contribution in [0, 0.1) is 5.92 Å². The standard InChI is InChI=1S/C11H23NSi/c1-13(2,3)11-6-4-5-10-9(11)7-8-12-10/h9-12H,4-8H2,1-3H3. The molecule has 2 heteroatoms. The lowest BCUT2D eigenvalue weighted by Gasteiger charge is -2.40. The maximum Gasteiger partial charge on any atom is 0.0477 e. The van der Waals surface area contributed by atoms with Crippen LogP contribution in [0.4, 0.5) is 0 Å². The van der Waals surface area contributed by atoms with Gasteiger partial charge >= 0.3 is 0 Å². The second-order valence-electron chi connectivity index (χ2n) is 5.92. The first kappa shape index (κ1) is 9.72. The summed E-state index contributed by atoms with van der Waals surface area (Å²) >= 11 is 0. The predicted molar refractivity (Wildman–Crippen MR) is 60.8 cm³/mol. The van der Waals surface area contributed by atoms with E-state index in [1.165, 1.54) is 32.2 Å². The third kappa shape index (κ3) is 1.84. The Morgan fingerprint density at radius 3 is 2.54 bits per heavy atom. The minimum absolute atomic E-state index is 0.882. The van der Waals surface area contributed by atoms with Crippen molar-refractivity contribution in [3.05, 3.63) is 0 Å². The molecule has 0 amide bonds. The second kappa shape index (κ2) is 3.39. The van der Waals surface area contributed by atoms with E-state index in [0.717, 1.165) is 17.5 Å². The van der Waals surface area contributed by atoms with Crippen molar-refractivity contribution in [1.29, 1.82) is 0 Å². The minimum Gasteiger partial charge on any atom is -0.314 e. The molecular formula is C11H23NSi. The molecule has 0 spiro atoms. The SMILES string of the molecule is C[Si](C)(C)C1CCCC2NCCC21. The number of nitrogens with one attached hydrogen (secondary N) is 1. The fourth-order valence-electron chi connectivity index (χ4n) is 3.43. The Morgan fingerprint density at radius 1 is 1.08 bits per heavy atom. The zero-order valence-electron chi connectivity index (χ0n) is 9.27. The van der Waals surface area contributed by atoms with Gasteiger partial charge in [-0.15, -0.1) is 0 Å². The summed E-state index contributed by atoms with van der Waals surface area (Å²) in [4.78, 5) is 0. The maximum atomic E-state index is 3.68. The van der Waals surface area contributed by atoms with Gasteiger partial charge in [0.05, 0.1) is 0 Å². The smallest absolute Gasteiger partial charge is 0.0477 e. The van der Waals surface area contributed by atoms with Crippen LogP contribution in [0.2, 0.25) is 25.2 Å². The van der Waals surface area contributed by atoms with Gasteiger partial charge in [-0.25, -0.2) is 0 Å². The summed E-state index contributed by atoms with van der Waals surface area (Å²) < 4.78 is 0. The molecule has 0 bridgehead atoms. The molecule has 1 nitrogen and oxygen atoms in total. The summed E-state index contributed by atoms with van der Waals surface area (Å²) in [5, 5.41) is 3.68. The largest absolute Gasteiger partial charge is 0.314 e. The van der Waals surface area contributed by atoms with Crippen molar-refractivity contribution >= 4 is 8.07 Å². The van der Waals surface area contributed by atoms with Crippen LogP contribution in [-0.4, -0.2) is 20.7 Å². The lowest BCUT2D eigenvalue weighted by atomic mass is 9.85. The predicted octanol–water partition coefficient (Wildman–Crippen LogP) is 2.86. The van der Waals surface area contributed by atoms with E-state index in [0.29, 0.717) is 0 Å². The molecule has 13 heavy (non-hydrogen) atoms. The molecule has 2 aliphatic rings. The first-order valence-corrected chi connectivity index (χ1v) is 9.40. The monoisotopic (exact) mass is 197 g/mol. The summed E-state index contributed by atoms with van der Waals surface area (Å²) in [7, 11) is -0.882. The highest BCUT2D eigenvalue weighted by molar-refractivity contribution is 6.77. The fourth-order valence-corrected chi connectivity index (χ4v) is 6.19.